The Balaban J connectivity index is 2.14. The van der Waals surface area contributed by atoms with Gasteiger partial charge in [0.15, 0.2) is 11.5 Å². The highest BCUT2D eigenvalue weighted by Crippen LogP contribution is 2.30. The van der Waals surface area contributed by atoms with Gasteiger partial charge in [0.25, 0.3) is 0 Å². The molecule has 2 N–H and O–H groups in total. The standard InChI is InChI=1S/C14H18N2O4/c1-19-11-4-3-9(7-12(11)20-2)10(15)8-16-13(17)5-6-14(16)18/h3-4,7,10H,5-6,8,15H2,1-2H3. The summed E-state index contributed by atoms with van der Waals surface area (Å²) < 4.78 is 10.4. The van der Waals surface area contributed by atoms with Crippen LogP contribution in [-0.2, 0) is 9.59 Å². The number of hydrogen-bond acceptors (Lipinski definition) is 5. The summed E-state index contributed by atoms with van der Waals surface area (Å²) in [4.78, 5) is 24.4. The number of amides is 2. The Labute approximate surface area is 117 Å². The molecule has 1 atom stereocenters. The Kier molecular flexibility index (Phi) is 4.24. The number of benzene rings is 1. The van der Waals surface area contributed by atoms with Gasteiger partial charge in [0.05, 0.1) is 14.2 Å². The van der Waals surface area contributed by atoms with Crippen LogP contribution in [0, 0.1) is 0 Å². The molecule has 1 heterocycles. The van der Waals surface area contributed by atoms with Gasteiger partial charge in [-0.15, -0.1) is 0 Å². The number of likely N-dealkylation sites (tertiary alicyclic amines) is 1. The molecule has 6 heteroatoms. The summed E-state index contributed by atoms with van der Waals surface area (Å²) >= 11 is 0. The van der Waals surface area contributed by atoms with Crippen molar-refractivity contribution >= 4 is 11.8 Å². The van der Waals surface area contributed by atoms with E-state index < -0.39 is 6.04 Å². The number of carbonyl (C=O) groups is 2. The van der Waals surface area contributed by atoms with E-state index in [0.717, 1.165) is 5.56 Å². The highest BCUT2D eigenvalue weighted by molar-refractivity contribution is 6.01. The van der Waals surface area contributed by atoms with Gasteiger partial charge < -0.3 is 15.2 Å². The average molecular weight is 278 g/mol. The van der Waals surface area contributed by atoms with Gasteiger partial charge in [-0.25, -0.2) is 0 Å². The van der Waals surface area contributed by atoms with Gasteiger partial charge in [-0.05, 0) is 17.7 Å². The number of methoxy groups -OCH3 is 2. The molecule has 1 unspecified atom stereocenters. The Bertz CT molecular complexity index is 514. The predicted molar refractivity (Wildman–Crippen MR) is 72.4 cm³/mol. The molecule has 1 aliphatic heterocycles. The van der Waals surface area contributed by atoms with Crippen LogP contribution >= 0.6 is 0 Å². The van der Waals surface area contributed by atoms with Crippen molar-refractivity contribution in [1.29, 1.82) is 0 Å². The van der Waals surface area contributed by atoms with Crippen LogP contribution in [0.3, 0.4) is 0 Å². The molecule has 20 heavy (non-hydrogen) atoms. The van der Waals surface area contributed by atoms with E-state index in [0.29, 0.717) is 11.5 Å². The van der Waals surface area contributed by atoms with Gasteiger partial charge in [-0.3, -0.25) is 14.5 Å². The summed E-state index contributed by atoms with van der Waals surface area (Å²) in [6.45, 7) is 0.188. The summed E-state index contributed by atoms with van der Waals surface area (Å²) in [7, 11) is 3.10. The van der Waals surface area contributed by atoms with Crippen LogP contribution in [0.5, 0.6) is 11.5 Å². The van der Waals surface area contributed by atoms with E-state index in [1.54, 1.807) is 32.4 Å². The average Bonchev–Trinajstić information content (AvgIpc) is 2.78. The second kappa shape index (κ2) is 5.92. The largest absolute Gasteiger partial charge is 0.493 e. The van der Waals surface area contributed by atoms with Crippen molar-refractivity contribution in [3.05, 3.63) is 23.8 Å². The smallest absolute Gasteiger partial charge is 0.229 e. The van der Waals surface area contributed by atoms with Crippen molar-refractivity contribution in [1.82, 2.24) is 4.90 Å². The molecule has 0 spiro atoms. The first-order chi connectivity index (χ1) is 9.56. The topological polar surface area (TPSA) is 81.9 Å². The molecule has 0 bridgehead atoms. The van der Waals surface area contributed by atoms with Gasteiger partial charge in [0, 0.05) is 25.4 Å². The highest BCUT2D eigenvalue weighted by Gasteiger charge is 2.30. The third-order valence-corrected chi connectivity index (χ3v) is 3.37. The first kappa shape index (κ1) is 14.3. The normalized spacial score (nSPS) is 16.4. The minimum absolute atomic E-state index is 0.161. The zero-order valence-corrected chi connectivity index (χ0v) is 11.6. The molecule has 1 saturated heterocycles. The van der Waals surface area contributed by atoms with Gasteiger partial charge in [0.2, 0.25) is 11.8 Å². The second-order valence-corrected chi connectivity index (χ2v) is 4.62. The van der Waals surface area contributed by atoms with E-state index in [1.807, 2.05) is 0 Å². The Hall–Kier alpha value is -2.08. The molecule has 2 rings (SSSR count). The van der Waals surface area contributed by atoms with E-state index in [9.17, 15) is 9.59 Å². The lowest BCUT2D eigenvalue weighted by Crippen LogP contribution is -2.36. The van der Waals surface area contributed by atoms with E-state index in [1.165, 1.54) is 4.90 Å². The number of nitrogens with two attached hydrogens (primary N) is 1. The van der Waals surface area contributed by atoms with Crippen molar-refractivity contribution in [3.8, 4) is 11.5 Å². The number of carbonyl (C=O) groups excluding carboxylic acids is 2. The van der Waals surface area contributed by atoms with Crippen LogP contribution in [0.25, 0.3) is 0 Å². The van der Waals surface area contributed by atoms with Crippen molar-refractivity contribution in [2.75, 3.05) is 20.8 Å². The molecule has 0 radical (unpaired) electrons. The maximum atomic E-state index is 11.6. The van der Waals surface area contributed by atoms with Gasteiger partial charge >= 0.3 is 0 Å². The zero-order valence-electron chi connectivity index (χ0n) is 11.6. The fourth-order valence-corrected chi connectivity index (χ4v) is 2.21. The van der Waals surface area contributed by atoms with Gasteiger partial charge in [0.1, 0.15) is 0 Å². The SMILES string of the molecule is COc1ccc(C(N)CN2C(=O)CCC2=O)cc1OC. The van der Waals surface area contributed by atoms with E-state index in [2.05, 4.69) is 0 Å². The van der Waals surface area contributed by atoms with Gasteiger partial charge in [-0.1, -0.05) is 6.07 Å². The molecule has 1 aliphatic rings. The minimum Gasteiger partial charge on any atom is -0.493 e. The number of ether oxygens (including phenoxy) is 2. The van der Waals surface area contributed by atoms with Crippen LogP contribution in [-0.4, -0.2) is 37.5 Å². The molecule has 108 valence electrons. The summed E-state index contributed by atoms with van der Waals surface area (Å²) in [6.07, 6.45) is 0.551. The third-order valence-electron chi connectivity index (χ3n) is 3.37. The molecule has 0 aliphatic carbocycles. The maximum absolute atomic E-state index is 11.6. The Morgan fingerprint density at radius 3 is 2.30 bits per heavy atom. The van der Waals surface area contributed by atoms with E-state index in [4.69, 9.17) is 15.2 Å². The molecular formula is C14H18N2O4. The number of nitrogens with zero attached hydrogens (tertiary/aromatic N) is 1. The molecule has 0 aromatic heterocycles. The number of imide groups is 1. The molecule has 1 fully saturated rings. The first-order valence-corrected chi connectivity index (χ1v) is 6.37. The lowest BCUT2D eigenvalue weighted by molar-refractivity contribution is -0.138. The van der Waals surface area contributed by atoms with Crippen molar-refractivity contribution in [3.63, 3.8) is 0 Å². The Morgan fingerprint density at radius 2 is 1.75 bits per heavy atom. The van der Waals surface area contributed by atoms with Crippen LogP contribution in [0.15, 0.2) is 18.2 Å². The molecule has 1 aromatic rings. The van der Waals surface area contributed by atoms with Crippen LogP contribution in [0.1, 0.15) is 24.4 Å². The first-order valence-electron chi connectivity index (χ1n) is 6.37. The number of hydrogen-bond donors (Lipinski definition) is 1. The summed E-state index contributed by atoms with van der Waals surface area (Å²) in [5, 5.41) is 0. The monoisotopic (exact) mass is 278 g/mol. The predicted octanol–water partition coefficient (Wildman–Crippen LogP) is 0.853. The zero-order chi connectivity index (χ0) is 14.7. The van der Waals surface area contributed by atoms with Crippen LogP contribution in [0.4, 0.5) is 0 Å². The summed E-state index contributed by atoms with van der Waals surface area (Å²) in [5.41, 5.74) is 6.86. The second-order valence-electron chi connectivity index (χ2n) is 4.62. The molecule has 1 aromatic carbocycles. The minimum atomic E-state index is -0.444. The molecule has 6 nitrogen and oxygen atoms in total. The fourth-order valence-electron chi connectivity index (χ4n) is 2.21. The highest BCUT2D eigenvalue weighted by atomic mass is 16.5. The third kappa shape index (κ3) is 2.75. The van der Waals surface area contributed by atoms with Crippen LogP contribution in [0.2, 0.25) is 0 Å². The fraction of sp³-hybridized carbons (Fsp3) is 0.429. The maximum Gasteiger partial charge on any atom is 0.229 e. The van der Waals surface area contributed by atoms with Crippen molar-refractivity contribution in [2.24, 2.45) is 5.73 Å². The van der Waals surface area contributed by atoms with Crippen molar-refractivity contribution in [2.45, 2.75) is 18.9 Å². The van der Waals surface area contributed by atoms with E-state index in [-0.39, 0.29) is 31.2 Å². The molecular weight excluding hydrogens is 260 g/mol. The Morgan fingerprint density at radius 1 is 1.15 bits per heavy atom. The lowest BCUT2D eigenvalue weighted by atomic mass is 10.1. The lowest BCUT2D eigenvalue weighted by Gasteiger charge is -2.20. The summed E-state index contributed by atoms with van der Waals surface area (Å²) in [6, 6.07) is 4.87. The van der Waals surface area contributed by atoms with Gasteiger partial charge in [-0.2, -0.15) is 0 Å². The quantitative estimate of drug-likeness (QED) is 0.808. The summed E-state index contributed by atoms with van der Waals surface area (Å²) in [5.74, 6) is 0.855. The molecule has 2 amide bonds. The van der Waals surface area contributed by atoms with Crippen LogP contribution < -0.4 is 15.2 Å². The molecule has 0 saturated carbocycles. The van der Waals surface area contributed by atoms with Crippen molar-refractivity contribution < 1.29 is 19.1 Å². The number of rotatable bonds is 5. The van der Waals surface area contributed by atoms with E-state index >= 15 is 0 Å².